The van der Waals surface area contributed by atoms with Gasteiger partial charge < -0.3 is 25.3 Å². The van der Waals surface area contributed by atoms with Crippen molar-refractivity contribution in [3.63, 3.8) is 0 Å². The second kappa shape index (κ2) is 7.31. The van der Waals surface area contributed by atoms with Gasteiger partial charge in [0.15, 0.2) is 0 Å². The van der Waals surface area contributed by atoms with Gasteiger partial charge in [-0.15, -0.1) is 0 Å². The van der Waals surface area contributed by atoms with Crippen LogP contribution in [0, 0.1) is 11.8 Å². The van der Waals surface area contributed by atoms with Crippen molar-refractivity contribution < 1.29 is 18.0 Å². The van der Waals surface area contributed by atoms with E-state index in [0.717, 1.165) is 30.3 Å². The molecular weight excluding hydrogens is 385 g/mol. The number of likely N-dealkylation sites (tertiary alicyclic amines) is 1. The van der Waals surface area contributed by atoms with E-state index in [4.69, 9.17) is 0 Å². The van der Waals surface area contributed by atoms with Gasteiger partial charge >= 0.3 is 12.2 Å². The molecule has 0 spiro atoms. The van der Waals surface area contributed by atoms with Crippen LogP contribution in [-0.4, -0.2) is 65.0 Å². The Balaban J connectivity index is 1.55. The number of fused-ring (bicyclic) bond motifs is 3. The number of alkyl halides is 3. The monoisotopic (exact) mass is 410 g/mol. The van der Waals surface area contributed by atoms with E-state index in [2.05, 4.69) is 40.2 Å². The molecule has 2 amide bonds. The molecule has 0 aliphatic carbocycles. The Labute approximate surface area is 167 Å². The number of hydrogen-bond donors (Lipinski definition) is 2. The van der Waals surface area contributed by atoms with Crippen molar-refractivity contribution in [1.82, 2.24) is 25.3 Å². The van der Waals surface area contributed by atoms with Gasteiger partial charge in [-0.25, -0.2) is 9.79 Å². The van der Waals surface area contributed by atoms with Gasteiger partial charge in [-0.1, -0.05) is 13.3 Å². The molecule has 4 rings (SSSR count). The third kappa shape index (κ3) is 3.56. The van der Waals surface area contributed by atoms with Gasteiger partial charge in [0.25, 0.3) is 0 Å². The van der Waals surface area contributed by atoms with Gasteiger partial charge in [-0.3, -0.25) is 0 Å². The minimum atomic E-state index is -4.42. The second-order valence-corrected chi connectivity index (χ2v) is 7.61. The molecule has 7 nitrogen and oxygen atoms in total. The molecule has 0 saturated carbocycles. The van der Waals surface area contributed by atoms with Crippen LogP contribution in [0.25, 0.3) is 0 Å². The van der Waals surface area contributed by atoms with E-state index in [1.54, 1.807) is 0 Å². The van der Waals surface area contributed by atoms with Crippen molar-refractivity contribution in [3.8, 4) is 0 Å². The zero-order valence-corrected chi connectivity index (χ0v) is 16.4. The van der Waals surface area contributed by atoms with Crippen LogP contribution in [0.15, 0.2) is 41.2 Å². The molecule has 1 fully saturated rings. The molecule has 0 bridgehead atoms. The van der Waals surface area contributed by atoms with Crippen molar-refractivity contribution in [3.05, 3.63) is 36.2 Å². The standard InChI is InChI=1S/C19H25F3N6O/c1-3-12-8-27(18(29)25-11-19(20,21)22)9-13(12)15-10-26(4-2)16-7-24-17-14(28(15)16)5-6-23-17/h5-7,10,12-14H,3-4,8-9,11H2,1-2H3,(H,23,24)(H,25,29)/t12-,13-,14?/m1/s1. The lowest BCUT2D eigenvalue weighted by atomic mass is 9.90. The van der Waals surface area contributed by atoms with E-state index >= 15 is 0 Å². The number of aliphatic imine (C=N–C) groups is 1. The fourth-order valence-electron chi connectivity index (χ4n) is 4.45. The minimum absolute atomic E-state index is 0.0246. The molecule has 4 heterocycles. The number of urea groups is 1. The Morgan fingerprint density at radius 3 is 2.83 bits per heavy atom. The number of nitrogens with one attached hydrogen (secondary N) is 2. The van der Waals surface area contributed by atoms with Crippen LogP contribution in [0.4, 0.5) is 18.0 Å². The lowest BCUT2D eigenvalue weighted by Crippen LogP contribution is -2.44. The summed E-state index contributed by atoms with van der Waals surface area (Å²) in [6.45, 7) is 4.42. The largest absolute Gasteiger partial charge is 0.405 e. The third-order valence-electron chi connectivity index (χ3n) is 5.91. The smallest absolute Gasteiger partial charge is 0.348 e. The van der Waals surface area contributed by atoms with Gasteiger partial charge in [-0.2, -0.15) is 13.2 Å². The molecule has 3 atom stereocenters. The molecule has 4 aliphatic heterocycles. The first-order chi connectivity index (χ1) is 13.8. The highest BCUT2D eigenvalue weighted by Gasteiger charge is 2.45. The topological polar surface area (TPSA) is 63.2 Å². The third-order valence-corrected chi connectivity index (χ3v) is 5.91. The predicted molar refractivity (Wildman–Crippen MR) is 102 cm³/mol. The molecule has 10 heteroatoms. The number of rotatable bonds is 4. The Hall–Kier alpha value is -2.65. The lowest BCUT2D eigenvalue weighted by molar-refractivity contribution is -0.123. The van der Waals surface area contributed by atoms with E-state index in [-0.39, 0.29) is 17.9 Å². The molecule has 0 aromatic rings. The normalized spacial score (nSPS) is 28.0. The summed E-state index contributed by atoms with van der Waals surface area (Å²) in [6, 6.07) is -0.684. The summed E-state index contributed by atoms with van der Waals surface area (Å²) in [4.78, 5) is 22.7. The first kappa shape index (κ1) is 19.7. The number of nitrogens with zero attached hydrogens (tertiary/aromatic N) is 4. The van der Waals surface area contributed by atoms with Crippen molar-refractivity contribution in [2.24, 2.45) is 16.8 Å². The fraction of sp³-hybridized carbons (Fsp3) is 0.579. The maximum Gasteiger partial charge on any atom is 0.405 e. The van der Waals surface area contributed by atoms with Crippen LogP contribution in [0.3, 0.4) is 0 Å². The molecule has 1 saturated heterocycles. The second-order valence-electron chi connectivity index (χ2n) is 7.61. The Kier molecular flexibility index (Phi) is 4.95. The highest BCUT2D eigenvalue weighted by molar-refractivity contribution is 5.94. The molecule has 2 N–H and O–H groups in total. The summed E-state index contributed by atoms with van der Waals surface area (Å²) < 4.78 is 37.4. The maximum absolute atomic E-state index is 12.5. The molecule has 0 aromatic heterocycles. The summed E-state index contributed by atoms with van der Waals surface area (Å²) in [7, 11) is 0. The van der Waals surface area contributed by atoms with E-state index in [1.165, 1.54) is 4.90 Å². The highest BCUT2D eigenvalue weighted by Crippen LogP contribution is 2.42. The van der Waals surface area contributed by atoms with E-state index in [1.807, 2.05) is 23.8 Å². The van der Waals surface area contributed by atoms with Crippen LogP contribution < -0.4 is 10.6 Å². The van der Waals surface area contributed by atoms with Crippen LogP contribution in [0.1, 0.15) is 20.3 Å². The summed E-state index contributed by atoms with van der Waals surface area (Å²) in [5.74, 6) is 2.06. The number of amidine groups is 1. The number of halogens is 3. The Morgan fingerprint density at radius 2 is 2.14 bits per heavy atom. The fourth-order valence-corrected chi connectivity index (χ4v) is 4.45. The molecule has 1 unspecified atom stereocenters. The molecule has 29 heavy (non-hydrogen) atoms. The number of hydrogen-bond acceptors (Lipinski definition) is 5. The van der Waals surface area contributed by atoms with Crippen molar-refractivity contribution >= 4 is 11.9 Å². The van der Waals surface area contributed by atoms with Crippen molar-refractivity contribution in [1.29, 1.82) is 0 Å². The SMILES string of the molecule is CC[C@@H]1CN(C(=O)NCC(F)(F)F)C[C@H]1C1=CN(CC)C2=CN=C3NC=CC3N12. The van der Waals surface area contributed by atoms with Crippen molar-refractivity contribution in [2.75, 3.05) is 26.2 Å². The molecule has 4 aliphatic rings. The van der Waals surface area contributed by atoms with Crippen molar-refractivity contribution in [2.45, 2.75) is 32.5 Å². The maximum atomic E-state index is 12.5. The van der Waals surface area contributed by atoms with Gasteiger partial charge in [0.1, 0.15) is 24.2 Å². The number of amides is 2. The van der Waals surface area contributed by atoms with Crippen LogP contribution in [0.2, 0.25) is 0 Å². The first-order valence-electron chi connectivity index (χ1n) is 9.90. The predicted octanol–water partition coefficient (Wildman–Crippen LogP) is 2.39. The van der Waals surface area contributed by atoms with E-state index < -0.39 is 18.8 Å². The quantitative estimate of drug-likeness (QED) is 0.747. The van der Waals surface area contributed by atoms with Crippen LogP contribution >= 0.6 is 0 Å². The first-order valence-corrected chi connectivity index (χ1v) is 9.90. The molecular formula is C19H25F3N6O. The highest BCUT2D eigenvalue weighted by atomic mass is 19.4. The summed E-state index contributed by atoms with van der Waals surface area (Å²) >= 11 is 0. The molecule has 0 radical (unpaired) electrons. The zero-order valence-electron chi connectivity index (χ0n) is 16.4. The van der Waals surface area contributed by atoms with E-state index in [0.29, 0.717) is 13.1 Å². The van der Waals surface area contributed by atoms with Gasteiger partial charge in [-0.05, 0) is 18.9 Å². The van der Waals surface area contributed by atoms with Crippen LogP contribution in [0.5, 0.6) is 0 Å². The minimum Gasteiger partial charge on any atom is -0.348 e. The van der Waals surface area contributed by atoms with Gasteiger partial charge in [0, 0.05) is 43.6 Å². The van der Waals surface area contributed by atoms with Crippen LogP contribution in [-0.2, 0) is 0 Å². The summed E-state index contributed by atoms with van der Waals surface area (Å²) in [6.07, 6.45) is 4.27. The molecule has 0 aromatic carbocycles. The summed E-state index contributed by atoms with van der Waals surface area (Å²) in [5, 5.41) is 5.16. The van der Waals surface area contributed by atoms with Gasteiger partial charge in [0.05, 0.1) is 6.20 Å². The molecule has 158 valence electrons. The number of carbonyl (C=O) groups excluding carboxylic acids is 1. The lowest BCUT2D eigenvalue weighted by Gasteiger charge is -2.35. The zero-order chi connectivity index (χ0) is 20.8. The number of carbonyl (C=O) groups is 1. The van der Waals surface area contributed by atoms with Gasteiger partial charge in [0.2, 0.25) is 0 Å². The summed E-state index contributed by atoms with van der Waals surface area (Å²) in [5.41, 5.74) is 1.09. The Morgan fingerprint density at radius 1 is 1.34 bits per heavy atom. The Bertz CT molecular complexity index is 802. The average Bonchev–Trinajstić information content (AvgIpc) is 3.39. The average molecular weight is 410 g/mol. The van der Waals surface area contributed by atoms with E-state index in [9.17, 15) is 18.0 Å².